The minimum Gasteiger partial charge on any atom is -0.489 e. The molecule has 0 bridgehead atoms. The van der Waals surface area contributed by atoms with Gasteiger partial charge in [-0.15, -0.1) is 0 Å². The molecule has 10 rings (SSSR count). The molecule has 0 unspecified atom stereocenters. The average Bonchev–Trinajstić information content (AvgIpc) is 3.63. The Bertz CT molecular complexity index is 2030. The van der Waals surface area contributed by atoms with Gasteiger partial charge in [0.1, 0.15) is 30.8 Å². The minimum atomic E-state index is -1.03. The number of rotatable bonds is 6. The fourth-order valence-electron chi connectivity index (χ4n) is 12.3. The first kappa shape index (κ1) is 37.6. The predicted octanol–water partition coefficient (Wildman–Crippen LogP) is 8.68. The van der Waals surface area contributed by atoms with Crippen LogP contribution in [0.25, 0.3) is 0 Å². The summed E-state index contributed by atoms with van der Waals surface area (Å²) >= 11 is 0. The maximum absolute atomic E-state index is 10.7. The molecule has 4 aromatic carbocycles. The summed E-state index contributed by atoms with van der Waals surface area (Å²) in [7, 11) is 0. The van der Waals surface area contributed by atoms with Crippen molar-refractivity contribution in [2.75, 3.05) is 0 Å². The number of hydrogen-bond acceptors (Lipinski definition) is 6. The molecule has 4 N–H and O–H groups in total. The molecule has 0 heterocycles. The van der Waals surface area contributed by atoms with Crippen molar-refractivity contribution in [3.8, 4) is 11.5 Å². The maximum Gasteiger partial charge on any atom is 0.120 e. The second-order valence-corrected chi connectivity index (χ2v) is 18.3. The molecule has 6 aliphatic rings. The van der Waals surface area contributed by atoms with Crippen molar-refractivity contribution in [3.05, 3.63) is 143 Å². The maximum atomic E-state index is 10.7. The van der Waals surface area contributed by atoms with Gasteiger partial charge in [-0.3, -0.25) is 0 Å². The molecule has 0 saturated heterocycles. The molecule has 12 atom stereocenters. The summed E-state index contributed by atoms with van der Waals surface area (Å²) in [5.74, 6) is 4.34. The van der Waals surface area contributed by atoms with Gasteiger partial charge in [0.2, 0.25) is 0 Å². The molecule has 6 aliphatic carbocycles. The Morgan fingerprint density at radius 3 is 1.66 bits per heavy atom. The van der Waals surface area contributed by atoms with E-state index in [1.165, 1.54) is 40.7 Å². The van der Waals surface area contributed by atoms with E-state index in [0.29, 0.717) is 42.8 Å². The van der Waals surface area contributed by atoms with Crippen LogP contribution in [-0.2, 0) is 26.1 Å². The van der Waals surface area contributed by atoms with Crippen LogP contribution in [0.1, 0.15) is 97.6 Å². The summed E-state index contributed by atoms with van der Waals surface area (Å²) in [6.07, 6.45) is 9.78. The normalized spacial score (nSPS) is 36.0. The monoisotopic (exact) mass is 754 g/mol. The summed E-state index contributed by atoms with van der Waals surface area (Å²) in [5.41, 5.74) is 7.71. The third kappa shape index (κ3) is 6.61. The van der Waals surface area contributed by atoms with E-state index in [-0.39, 0.29) is 17.4 Å². The second kappa shape index (κ2) is 15.1. The SMILES string of the molecule is C[C@]12CC[C@@H]3c4ccc(OCc5ccccc5)cc4CC[C@H]3[C@@H]1C=C[C@@H]2O.C[C@]12CC[C@@H]3c4ccc(OCc5ccccc5)cc4CC[C@H]3[C@@H]1[C@@H](O)[C@@H](O)[C@@H]2O. The van der Waals surface area contributed by atoms with Gasteiger partial charge >= 0.3 is 0 Å². The molecule has 0 radical (unpaired) electrons. The third-order valence-corrected chi connectivity index (χ3v) is 15.4. The highest BCUT2D eigenvalue weighted by atomic mass is 16.5. The molecule has 294 valence electrons. The lowest BCUT2D eigenvalue weighted by molar-refractivity contribution is -0.0505. The van der Waals surface area contributed by atoms with Gasteiger partial charge in [-0.25, -0.2) is 0 Å². The third-order valence-electron chi connectivity index (χ3n) is 15.4. The highest BCUT2D eigenvalue weighted by Crippen LogP contribution is 2.61. The number of aliphatic hydroxyl groups excluding tert-OH is 4. The standard InChI is InChI=1S/C25H30O4.C25H28O2/c1-25-12-11-19-18-10-8-17(29-14-15-5-3-2-4-6-15)13-16(18)7-9-20(19)21(25)22(26)23(27)24(25)28;1-25-14-13-21-20-10-8-19(27-16-17-5-3-2-4-6-17)15-18(20)7-9-22(21)23(25)11-12-24(25)26/h2-6,8,10,13,19-24,26-28H,7,9,11-12,14H2,1H3;2-6,8,10-12,15,21-24,26H,7,9,13-14,16H2,1H3/t19-,20-,21-,22-,23-,24+,25+;21-,22-,23+,24+,25+/m11/s1. The first-order valence-electron chi connectivity index (χ1n) is 21.1. The van der Waals surface area contributed by atoms with E-state index in [4.69, 9.17) is 9.47 Å². The van der Waals surface area contributed by atoms with E-state index in [1.807, 2.05) is 37.3 Å². The molecular weight excluding hydrogens is 697 g/mol. The lowest BCUT2D eigenvalue weighted by Crippen LogP contribution is -2.46. The van der Waals surface area contributed by atoms with Crippen LogP contribution in [0, 0.1) is 34.5 Å². The highest BCUT2D eigenvalue weighted by molar-refractivity contribution is 5.43. The molecule has 0 aromatic heterocycles. The first-order chi connectivity index (χ1) is 27.1. The van der Waals surface area contributed by atoms with Crippen LogP contribution >= 0.6 is 0 Å². The van der Waals surface area contributed by atoms with E-state index < -0.39 is 23.7 Å². The van der Waals surface area contributed by atoms with Gasteiger partial charge in [-0.1, -0.05) is 98.8 Å². The predicted molar refractivity (Wildman–Crippen MR) is 218 cm³/mol. The Hall–Kier alpha value is -3.94. The van der Waals surface area contributed by atoms with Gasteiger partial charge in [0.25, 0.3) is 0 Å². The Kier molecular flexibility index (Phi) is 10.1. The summed E-state index contributed by atoms with van der Waals surface area (Å²) in [6, 6.07) is 33.7. The molecular formula is C50H58O6. The van der Waals surface area contributed by atoms with Crippen LogP contribution in [0.2, 0.25) is 0 Å². The van der Waals surface area contributed by atoms with Crippen molar-refractivity contribution in [1.82, 2.24) is 0 Å². The van der Waals surface area contributed by atoms with Crippen molar-refractivity contribution in [1.29, 1.82) is 0 Å². The van der Waals surface area contributed by atoms with E-state index >= 15 is 0 Å². The van der Waals surface area contributed by atoms with E-state index in [1.54, 1.807) is 0 Å². The van der Waals surface area contributed by atoms with Gasteiger partial charge in [-0.05, 0) is 145 Å². The number of ether oxygens (including phenoxy) is 2. The second-order valence-electron chi connectivity index (χ2n) is 18.3. The van der Waals surface area contributed by atoms with Crippen LogP contribution in [0.4, 0.5) is 0 Å². The van der Waals surface area contributed by atoms with Crippen LogP contribution in [0.3, 0.4) is 0 Å². The van der Waals surface area contributed by atoms with Crippen LogP contribution < -0.4 is 9.47 Å². The fourth-order valence-corrected chi connectivity index (χ4v) is 12.3. The Morgan fingerprint density at radius 2 is 1.09 bits per heavy atom. The van der Waals surface area contributed by atoms with Crippen LogP contribution in [0.15, 0.2) is 109 Å². The zero-order chi connectivity index (χ0) is 38.6. The van der Waals surface area contributed by atoms with Crippen molar-refractivity contribution in [2.45, 2.75) is 115 Å². The van der Waals surface area contributed by atoms with Gasteiger partial charge in [-0.2, -0.15) is 0 Å². The number of fused-ring (bicyclic) bond motifs is 10. The minimum absolute atomic E-state index is 0.0478. The van der Waals surface area contributed by atoms with Gasteiger partial charge < -0.3 is 29.9 Å². The van der Waals surface area contributed by atoms with Gasteiger partial charge in [0, 0.05) is 10.8 Å². The van der Waals surface area contributed by atoms with E-state index in [2.05, 4.69) is 85.8 Å². The molecule has 3 fully saturated rings. The Morgan fingerprint density at radius 1 is 0.571 bits per heavy atom. The summed E-state index contributed by atoms with van der Waals surface area (Å²) in [6.45, 7) is 5.52. The number of benzene rings is 4. The van der Waals surface area contributed by atoms with E-state index in [0.717, 1.165) is 55.6 Å². The molecule has 6 heteroatoms. The van der Waals surface area contributed by atoms with Gasteiger partial charge in [0.15, 0.2) is 0 Å². The summed E-state index contributed by atoms with van der Waals surface area (Å²) < 4.78 is 12.1. The number of aliphatic hydroxyl groups is 4. The number of allylic oxidation sites excluding steroid dienone is 1. The molecule has 4 aromatic rings. The molecule has 0 aliphatic heterocycles. The molecule has 0 spiro atoms. The summed E-state index contributed by atoms with van der Waals surface area (Å²) in [5, 5.41) is 42.1. The number of hydrogen-bond donors (Lipinski definition) is 4. The Labute approximate surface area is 332 Å². The van der Waals surface area contributed by atoms with Crippen molar-refractivity contribution in [2.24, 2.45) is 34.5 Å². The number of aryl methyl sites for hydroxylation is 2. The highest BCUT2D eigenvalue weighted by Gasteiger charge is 2.62. The van der Waals surface area contributed by atoms with Crippen molar-refractivity contribution < 1.29 is 29.9 Å². The van der Waals surface area contributed by atoms with Crippen molar-refractivity contribution >= 4 is 0 Å². The molecule has 3 saturated carbocycles. The smallest absolute Gasteiger partial charge is 0.120 e. The molecule has 0 amide bonds. The van der Waals surface area contributed by atoms with Crippen LogP contribution in [0.5, 0.6) is 11.5 Å². The molecule has 6 nitrogen and oxygen atoms in total. The summed E-state index contributed by atoms with van der Waals surface area (Å²) in [4.78, 5) is 0. The van der Waals surface area contributed by atoms with Crippen LogP contribution in [-0.4, -0.2) is 44.8 Å². The topological polar surface area (TPSA) is 99.4 Å². The lowest BCUT2D eigenvalue weighted by atomic mass is 9.55. The van der Waals surface area contributed by atoms with Crippen molar-refractivity contribution in [3.63, 3.8) is 0 Å². The largest absolute Gasteiger partial charge is 0.489 e. The van der Waals surface area contributed by atoms with E-state index in [9.17, 15) is 20.4 Å². The first-order valence-corrected chi connectivity index (χ1v) is 21.1. The fraction of sp³-hybridized carbons (Fsp3) is 0.480. The Balaban J connectivity index is 0.000000147. The van der Waals surface area contributed by atoms with Gasteiger partial charge in [0.05, 0.1) is 18.3 Å². The quantitative estimate of drug-likeness (QED) is 0.147. The zero-order valence-corrected chi connectivity index (χ0v) is 32.8. The average molecular weight is 755 g/mol. The lowest BCUT2D eigenvalue weighted by Gasteiger charge is -2.50. The molecule has 56 heavy (non-hydrogen) atoms. The zero-order valence-electron chi connectivity index (χ0n) is 32.8.